The van der Waals surface area contributed by atoms with Crippen molar-refractivity contribution in [2.24, 2.45) is 10.5 Å². The monoisotopic (exact) mass is 139 g/mol. The van der Waals surface area contributed by atoms with Crippen LogP contribution in [0.3, 0.4) is 0 Å². The van der Waals surface area contributed by atoms with E-state index in [0.29, 0.717) is 6.04 Å². The fourth-order valence-electron chi connectivity index (χ4n) is 1.68. The third-order valence-electron chi connectivity index (χ3n) is 2.50. The van der Waals surface area contributed by atoms with Crippen molar-refractivity contribution in [3.63, 3.8) is 0 Å². The van der Waals surface area contributed by atoms with E-state index >= 15 is 0 Å². The molecule has 10 heavy (non-hydrogen) atoms. The molecule has 3 nitrogen and oxygen atoms in total. The molecule has 0 aliphatic carbocycles. The molecule has 0 radical (unpaired) electrons. The van der Waals surface area contributed by atoms with Gasteiger partial charge in [0.05, 0.1) is 6.04 Å². The molecule has 0 bridgehead atoms. The van der Waals surface area contributed by atoms with Crippen LogP contribution in [0.2, 0.25) is 0 Å². The van der Waals surface area contributed by atoms with Gasteiger partial charge in [0.25, 0.3) is 0 Å². The lowest BCUT2D eigenvalue weighted by atomic mass is 9.80. The molecule has 2 aliphatic heterocycles. The Morgan fingerprint density at radius 1 is 1.70 bits per heavy atom. The van der Waals surface area contributed by atoms with Crippen molar-refractivity contribution in [3.05, 3.63) is 0 Å². The Morgan fingerprint density at radius 2 is 2.60 bits per heavy atom. The summed E-state index contributed by atoms with van der Waals surface area (Å²) in [6.07, 6.45) is 3.22. The summed E-state index contributed by atoms with van der Waals surface area (Å²) in [5.41, 5.74) is 3.40. The standard InChI is InChI=1S/C7H13N3/c1-7-4-8-3-2-6(7)10-9-5-7/h5-6,8,10H,2-4H2,1H3. The Bertz CT molecular complexity index is 166. The van der Waals surface area contributed by atoms with Crippen molar-refractivity contribution >= 4 is 6.21 Å². The molecule has 2 unspecified atom stereocenters. The van der Waals surface area contributed by atoms with Crippen LogP contribution in [0.15, 0.2) is 5.10 Å². The SMILES string of the molecule is CC12C=NNC1CCNC2. The lowest BCUT2D eigenvalue weighted by Crippen LogP contribution is -2.50. The fraction of sp³-hybridized carbons (Fsp3) is 0.857. The number of nitrogens with one attached hydrogen (secondary N) is 2. The largest absolute Gasteiger partial charge is 0.316 e. The second kappa shape index (κ2) is 1.95. The van der Waals surface area contributed by atoms with Gasteiger partial charge < -0.3 is 10.7 Å². The van der Waals surface area contributed by atoms with Crippen LogP contribution in [0.4, 0.5) is 0 Å². The molecule has 1 saturated heterocycles. The van der Waals surface area contributed by atoms with Crippen LogP contribution in [0.1, 0.15) is 13.3 Å². The van der Waals surface area contributed by atoms with Gasteiger partial charge in [0, 0.05) is 18.2 Å². The summed E-state index contributed by atoms with van der Waals surface area (Å²) in [6.45, 7) is 4.43. The molecule has 2 aliphatic rings. The van der Waals surface area contributed by atoms with Crippen molar-refractivity contribution in [1.82, 2.24) is 10.7 Å². The van der Waals surface area contributed by atoms with E-state index in [1.807, 2.05) is 6.21 Å². The van der Waals surface area contributed by atoms with Gasteiger partial charge in [-0.1, -0.05) is 6.92 Å². The van der Waals surface area contributed by atoms with Crippen molar-refractivity contribution in [3.8, 4) is 0 Å². The molecular formula is C7H13N3. The van der Waals surface area contributed by atoms with Crippen LogP contribution in [-0.4, -0.2) is 25.3 Å². The molecule has 1 fully saturated rings. The second-order valence-corrected chi connectivity index (χ2v) is 3.41. The molecule has 0 spiro atoms. The van der Waals surface area contributed by atoms with Crippen LogP contribution in [0, 0.1) is 5.41 Å². The van der Waals surface area contributed by atoms with E-state index in [1.54, 1.807) is 0 Å². The first-order chi connectivity index (χ1) is 4.81. The molecule has 3 heteroatoms. The third kappa shape index (κ3) is 0.736. The average molecular weight is 139 g/mol. The maximum atomic E-state index is 4.08. The van der Waals surface area contributed by atoms with Gasteiger partial charge in [0.1, 0.15) is 0 Å². The highest BCUT2D eigenvalue weighted by Crippen LogP contribution is 2.26. The first-order valence-corrected chi connectivity index (χ1v) is 3.82. The summed E-state index contributed by atoms with van der Waals surface area (Å²) in [5, 5.41) is 7.45. The smallest absolute Gasteiger partial charge is 0.0568 e. The maximum Gasteiger partial charge on any atom is 0.0568 e. The summed E-state index contributed by atoms with van der Waals surface area (Å²) < 4.78 is 0. The molecule has 2 heterocycles. The van der Waals surface area contributed by atoms with Crippen LogP contribution >= 0.6 is 0 Å². The second-order valence-electron chi connectivity index (χ2n) is 3.41. The number of nitrogens with zero attached hydrogens (tertiary/aromatic N) is 1. The topological polar surface area (TPSA) is 36.4 Å². The van der Waals surface area contributed by atoms with E-state index in [0.717, 1.165) is 13.1 Å². The van der Waals surface area contributed by atoms with Crippen molar-refractivity contribution in [2.45, 2.75) is 19.4 Å². The predicted octanol–water partition coefficient (Wildman–Crippen LogP) is -0.0564. The summed E-state index contributed by atoms with van der Waals surface area (Å²) in [6, 6.07) is 0.578. The number of fused-ring (bicyclic) bond motifs is 1. The minimum Gasteiger partial charge on any atom is -0.316 e. The van der Waals surface area contributed by atoms with Crippen molar-refractivity contribution < 1.29 is 0 Å². The Morgan fingerprint density at radius 3 is 3.40 bits per heavy atom. The van der Waals surface area contributed by atoms with Gasteiger partial charge in [0.15, 0.2) is 0 Å². The molecule has 2 rings (SSSR count). The number of hydrazone groups is 1. The molecule has 0 aromatic heterocycles. The van der Waals surface area contributed by atoms with E-state index in [1.165, 1.54) is 6.42 Å². The number of hydrogen-bond donors (Lipinski definition) is 2. The highest BCUT2D eigenvalue weighted by Gasteiger charge is 2.38. The average Bonchev–Trinajstić information content (AvgIpc) is 2.29. The number of hydrogen-bond acceptors (Lipinski definition) is 3. The van der Waals surface area contributed by atoms with Crippen LogP contribution < -0.4 is 10.7 Å². The molecular weight excluding hydrogens is 126 g/mol. The third-order valence-corrected chi connectivity index (χ3v) is 2.50. The van der Waals surface area contributed by atoms with Crippen molar-refractivity contribution in [1.29, 1.82) is 0 Å². The lowest BCUT2D eigenvalue weighted by Gasteiger charge is -2.33. The van der Waals surface area contributed by atoms with Gasteiger partial charge in [-0.15, -0.1) is 0 Å². The van der Waals surface area contributed by atoms with Crippen LogP contribution in [-0.2, 0) is 0 Å². The Kier molecular flexibility index (Phi) is 1.20. The zero-order chi connectivity index (χ0) is 7.03. The van der Waals surface area contributed by atoms with Gasteiger partial charge in [-0.2, -0.15) is 5.10 Å². The van der Waals surface area contributed by atoms with Crippen molar-refractivity contribution in [2.75, 3.05) is 13.1 Å². The normalized spacial score (nSPS) is 44.7. The first-order valence-electron chi connectivity index (χ1n) is 3.82. The van der Waals surface area contributed by atoms with E-state index in [2.05, 4.69) is 22.8 Å². The maximum absolute atomic E-state index is 4.08. The number of piperidine rings is 1. The predicted molar refractivity (Wildman–Crippen MR) is 41.0 cm³/mol. The minimum absolute atomic E-state index is 0.276. The molecule has 2 N–H and O–H groups in total. The molecule has 0 amide bonds. The molecule has 0 saturated carbocycles. The van der Waals surface area contributed by atoms with E-state index in [9.17, 15) is 0 Å². The lowest BCUT2D eigenvalue weighted by molar-refractivity contribution is 0.271. The van der Waals surface area contributed by atoms with Gasteiger partial charge >= 0.3 is 0 Å². The van der Waals surface area contributed by atoms with Gasteiger partial charge in [-0.3, -0.25) is 0 Å². The minimum atomic E-state index is 0.276. The van der Waals surface area contributed by atoms with Gasteiger partial charge in [-0.05, 0) is 13.0 Å². The van der Waals surface area contributed by atoms with Crippen LogP contribution in [0.5, 0.6) is 0 Å². The summed E-state index contributed by atoms with van der Waals surface area (Å²) in [5.74, 6) is 0. The summed E-state index contributed by atoms with van der Waals surface area (Å²) in [7, 11) is 0. The molecule has 0 aromatic carbocycles. The Hall–Kier alpha value is -0.570. The van der Waals surface area contributed by atoms with E-state index < -0.39 is 0 Å². The zero-order valence-electron chi connectivity index (χ0n) is 6.22. The van der Waals surface area contributed by atoms with Crippen LogP contribution in [0.25, 0.3) is 0 Å². The summed E-state index contributed by atoms with van der Waals surface area (Å²) in [4.78, 5) is 0. The van der Waals surface area contributed by atoms with E-state index in [-0.39, 0.29) is 5.41 Å². The van der Waals surface area contributed by atoms with E-state index in [4.69, 9.17) is 0 Å². The zero-order valence-corrected chi connectivity index (χ0v) is 6.22. The highest BCUT2D eigenvalue weighted by atomic mass is 15.3. The Balaban J connectivity index is 2.17. The highest BCUT2D eigenvalue weighted by molar-refractivity contribution is 5.69. The fourth-order valence-corrected chi connectivity index (χ4v) is 1.68. The van der Waals surface area contributed by atoms with Gasteiger partial charge in [0.2, 0.25) is 0 Å². The molecule has 0 aromatic rings. The number of rotatable bonds is 0. The summed E-state index contributed by atoms with van der Waals surface area (Å²) >= 11 is 0. The Labute approximate surface area is 60.9 Å². The quantitative estimate of drug-likeness (QED) is 0.493. The first kappa shape index (κ1) is 6.16. The van der Waals surface area contributed by atoms with Gasteiger partial charge in [-0.25, -0.2) is 0 Å². The molecule has 2 atom stereocenters. The molecule has 56 valence electrons.